The standard InChI is InChI=1S/C16H7ClF3NO4/c17-12-6-5-8(7-11(12)16(18,19)20)15(24)25-21-13(22)9-3-1-2-4-10(9)14(21)23/h1-7H. The van der Waals surface area contributed by atoms with Crippen molar-refractivity contribution in [3.8, 4) is 0 Å². The summed E-state index contributed by atoms with van der Waals surface area (Å²) in [5.41, 5.74) is -1.67. The van der Waals surface area contributed by atoms with E-state index in [0.29, 0.717) is 6.07 Å². The fraction of sp³-hybridized carbons (Fsp3) is 0.0625. The first-order valence-electron chi connectivity index (χ1n) is 6.77. The van der Waals surface area contributed by atoms with Gasteiger partial charge in [-0.1, -0.05) is 28.8 Å². The van der Waals surface area contributed by atoms with Crippen molar-refractivity contribution in [2.75, 3.05) is 0 Å². The number of hydroxylamine groups is 2. The first kappa shape index (κ1) is 17.0. The van der Waals surface area contributed by atoms with Gasteiger partial charge in [-0.2, -0.15) is 13.2 Å². The molecule has 25 heavy (non-hydrogen) atoms. The molecule has 0 fully saturated rings. The molecule has 0 atom stereocenters. The van der Waals surface area contributed by atoms with Crippen molar-refractivity contribution < 1.29 is 32.4 Å². The number of carbonyl (C=O) groups is 3. The Bertz CT molecular complexity index is 875. The molecule has 9 heteroatoms. The maximum atomic E-state index is 12.8. The smallest absolute Gasteiger partial charge is 0.324 e. The van der Waals surface area contributed by atoms with Gasteiger partial charge in [0.25, 0.3) is 11.8 Å². The molecule has 0 aromatic heterocycles. The number of hydrogen-bond donors (Lipinski definition) is 0. The monoisotopic (exact) mass is 369 g/mol. The molecule has 0 spiro atoms. The Morgan fingerprint density at radius 2 is 1.56 bits per heavy atom. The van der Waals surface area contributed by atoms with Crippen LogP contribution in [0.2, 0.25) is 5.02 Å². The number of alkyl halides is 3. The van der Waals surface area contributed by atoms with Gasteiger partial charge in [-0.15, -0.1) is 0 Å². The maximum Gasteiger partial charge on any atom is 0.417 e. The van der Waals surface area contributed by atoms with Gasteiger partial charge in [-0.05, 0) is 30.3 Å². The average molecular weight is 370 g/mol. The Morgan fingerprint density at radius 3 is 2.08 bits per heavy atom. The van der Waals surface area contributed by atoms with Crippen molar-refractivity contribution in [3.63, 3.8) is 0 Å². The second kappa shape index (κ2) is 5.89. The van der Waals surface area contributed by atoms with Gasteiger partial charge in [0.15, 0.2) is 0 Å². The Labute approximate surface area is 143 Å². The summed E-state index contributed by atoms with van der Waals surface area (Å²) in [5, 5.41) is -0.376. The van der Waals surface area contributed by atoms with Crippen LogP contribution in [-0.2, 0) is 11.0 Å². The highest BCUT2D eigenvalue weighted by molar-refractivity contribution is 6.31. The summed E-state index contributed by atoms with van der Waals surface area (Å²) in [6.45, 7) is 0. The fourth-order valence-electron chi connectivity index (χ4n) is 2.26. The summed E-state index contributed by atoms with van der Waals surface area (Å²) < 4.78 is 38.5. The molecular formula is C16H7ClF3NO4. The topological polar surface area (TPSA) is 63.7 Å². The number of benzene rings is 2. The van der Waals surface area contributed by atoms with E-state index in [1.54, 1.807) is 0 Å². The van der Waals surface area contributed by atoms with Gasteiger partial charge in [-0.25, -0.2) is 4.79 Å². The van der Waals surface area contributed by atoms with Crippen molar-refractivity contribution in [1.82, 2.24) is 5.06 Å². The zero-order valence-electron chi connectivity index (χ0n) is 12.1. The van der Waals surface area contributed by atoms with E-state index >= 15 is 0 Å². The van der Waals surface area contributed by atoms with E-state index in [4.69, 9.17) is 16.4 Å². The van der Waals surface area contributed by atoms with E-state index in [2.05, 4.69) is 0 Å². The third-order valence-electron chi connectivity index (χ3n) is 3.44. The summed E-state index contributed by atoms with van der Waals surface area (Å²) >= 11 is 5.47. The van der Waals surface area contributed by atoms with E-state index in [1.165, 1.54) is 24.3 Å². The molecule has 1 heterocycles. The van der Waals surface area contributed by atoms with Gasteiger partial charge < -0.3 is 4.84 Å². The molecule has 5 nitrogen and oxygen atoms in total. The second-order valence-electron chi connectivity index (χ2n) is 5.02. The first-order chi connectivity index (χ1) is 11.7. The summed E-state index contributed by atoms with van der Waals surface area (Å²) in [5.74, 6) is -3.05. The largest absolute Gasteiger partial charge is 0.417 e. The highest BCUT2D eigenvalue weighted by atomic mass is 35.5. The SMILES string of the molecule is O=C(ON1C(=O)c2ccccc2C1=O)c1ccc(Cl)c(C(F)(F)F)c1. The van der Waals surface area contributed by atoms with Crippen molar-refractivity contribution in [1.29, 1.82) is 0 Å². The molecule has 1 aliphatic heterocycles. The van der Waals surface area contributed by atoms with Crippen molar-refractivity contribution in [2.24, 2.45) is 0 Å². The molecule has 0 aliphatic carbocycles. The molecular weight excluding hydrogens is 363 g/mol. The van der Waals surface area contributed by atoms with Gasteiger partial charge in [0, 0.05) is 0 Å². The summed E-state index contributed by atoms with van der Waals surface area (Å²) in [6.07, 6.45) is -4.77. The molecule has 2 aromatic carbocycles. The summed E-state index contributed by atoms with van der Waals surface area (Å²) in [4.78, 5) is 40.9. The Balaban J connectivity index is 1.87. The lowest BCUT2D eigenvalue weighted by Crippen LogP contribution is -2.32. The number of halogens is 4. The normalized spacial score (nSPS) is 13.8. The quantitative estimate of drug-likeness (QED) is 0.757. The molecule has 0 bridgehead atoms. The molecule has 3 rings (SSSR count). The molecule has 1 aliphatic rings. The third-order valence-corrected chi connectivity index (χ3v) is 3.77. The van der Waals surface area contributed by atoms with Gasteiger partial charge in [-0.3, -0.25) is 9.59 Å². The van der Waals surface area contributed by atoms with Gasteiger partial charge in [0.05, 0.1) is 27.3 Å². The van der Waals surface area contributed by atoms with Crippen LogP contribution in [0.1, 0.15) is 36.6 Å². The highest BCUT2D eigenvalue weighted by Gasteiger charge is 2.39. The molecule has 0 radical (unpaired) electrons. The number of hydrogen-bond acceptors (Lipinski definition) is 4. The number of nitrogens with zero attached hydrogens (tertiary/aromatic N) is 1. The summed E-state index contributed by atoms with van der Waals surface area (Å²) in [7, 11) is 0. The molecule has 2 aromatic rings. The van der Waals surface area contributed by atoms with E-state index in [1.807, 2.05) is 0 Å². The third kappa shape index (κ3) is 2.96. The van der Waals surface area contributed by atoms with Crippen LogP contribution in [0.4, 0.5) is 13.2 Å². The predicted molar refractivity (Wildman–Crippen MR) is 78.8 cm³/mol. The Hall–Kier alpha value is -2.87. The zero-order valence-corrected chi connectivity index (χ0v) is 12.9. The predicted octanol–water partition coefficient (Wildman–Crippen LogP) is 3.73. The number of rotatable bonds is 2. The lowest BCUT2D eigenvalue weighted by Gasteiger charge is -2.14. The lowest BCUT2D eigenvalue weighted by molar-refractivity contribution is -0.137. The van der Waals surface area contributed by atoms with Crippen LogP contribution in [0.5, 0.6) is 0 Å². The van der Waals surface area contributed by atoms with Crippen LogP contribution in [0.25, 0.3) is 0 Å². The molecule has 0 unspecified atom stereocenters. The number of imide groups is 1. The average Bonchev–Trinajstić information content (AvgIpc) is 2.79. The number of amides is 2. The molecule has 0 saturated heterocycles. The maximum absolute atomic E-state index is 12.8. The van der Waals surface area contributed by atoms with Crippen LogP contribution in [0, 0.1) is 0 Å². The van der Waals surface area contributed by atoms with Crippen LogP contribution in [0.15, 0.2) is 42.5 Å². The van der Waals surface area contributed by atoms with Crippen LogP contribution in [-0.4, -0.2) is 22.8 Å². The van der Waals surface area contributed by atoms with Crippen molar-refractivity contribution in [3.05, 3.63) is 69.7 Å². The minimum atomic E-state index is -4.77. The highest BCUT2D eigenvalue weighted by Crippen LogP contribution is 2.35. The summed E-state index contributed by atoms with van der Waals surface area (Å²) in [6, 6.07) is 8.14. The fourth-order valence-corrected chi connectivity index (χ4v) is 2.48. The van der Waals surface area contributed by atoms with Crippen LogP contribution < -0.4 is 0 Å². The van der Waals surface area contributed by atoms with E-state index < -0.39 is 40.1 Å². The molecule has 0 saturated carbocycles. The van der Waals surface area contributed by atoms with Crippen molar-refractivity contribution >= 4 is 29.4 Å². The van der Waals surface area contributed by atoms with Crippen LogP contribution in [0.3, 0.4) is 0 Å². The van der Waals surface area contributed by atoms with E-state index in [9.17, 15) is 27.6 Å². The minimum absolute atomic E-state index is 0.0346. The Morgan fingerprint density at radius 1 is 1.00 bits per heavy atom. The minimum Gasteiger partial charge on any atom is -0.324 e. The zero-order chi connectivity index (χ0) is 18.4. The van der Waals surface area contributed by atoms with Gasteiger partial charge in [0.2, 0.25) is 0 Å². The lowest BCUT2D eigenvalue weighted by atomic mass is 10.1. The second-order valence-corrected chi connectivity index (χ2v) is 5.43. The van der Waals surface area contributed by atoms with Crippen molar-refractivity contribution in [2.45, 2.75) is 6.18 Å². The van der Waals surface area contributed by atoms with Crippen LogP contribution >= 0.6 is 11.6 Å². The number of carbonyl (C=O) groups excluding carboxylic acids is 3. The Kier molecular flexibility index (Phi) is 4.00. The van der Waals surface area contributed by atoms with E-state index in [0.717, 1.165) is 12.1 Å². The molecule has 0 N–H and O–H groups in total. The number of fused-ring (bicyclic) bond motifs is 1. The van der Waals surface area contributed by atoms with Gasteiger partial charge in [0.1, 0.15) is 0 Å². The van der Waals surface area contributed by atoms with E-state index in [-0.39, 0.29) is 16.2 Å². The van der Waals surface area contributed by atoms with Gasteiger partial charge >= 0.3 is 12.1 Å². The molecule has 128 valence electrons. The molecule has 2 amide bonds. The first-order valence-corrected chi connectivity index (χ1v) is 7.15.